The molecule has 0 saturated carbocycles. The average Bonchev–Trinajstić information content (AvgIpc) is 2.85. The highest BCUT2D eigenvalue weighted by Gasteiger charge is 2.15. The van der Waals surface area contributed by atoms with Crippen LogP contribution in [0.15, 0.2) is 84.9 Å². The number of carbonyl (C=O) groups is 3. The van der Waals surface area contributed by atoms with Gasteiger partial charge in [-0.2, -0.15) is 0 Å². The molecular weight excluding hydrogens is 416 g/mol. The van der Waals surface area contributed by atoms with E-state index in [0.717, 1.165) is 5.56 Å². The lowest BCUT2D eigenvalue weighted by Gasteiger charge is -2.18. The minimum Gasteiger partial charge on any atom is -0.454 e. The number of ether oxygens (including phenoxy) is 1. The zero-order valence-corrected chi connectivity index (χ0v) is 18.6. The fourth-order valence-corrected chi connectivity index (χ4v) is 3.54. The number of aryl methyl sites for hydroxylation is 1. The molecule has 0 bridgehead atoms. The monoisotopic (exact) mass is 444 g/mol. The SMILES string of the molecule is Cc1cccc(C(=O)NCC(=O)OCC(=O)NCCC(c2ccccc2)c2ccccc2)c1. The van der Waals surface area contributed by atoms with Gasteiger partial charge in [-0.1, -0.05) is 78.4 Å². The molecule has 6 nitrogen and oxygen atoms in total. The number of benzene rings is 3. The van der Waals surface area contributed by atoms with Crippen molar-refractivity contribution in [1.82, 2.24) is 10.6 Å². The summed E-state index contributed by atoms with van der Waals surface area (Å²) in [6.07, 6.45) is 0.709. The first-order valence-electron chi connectivity index (χ1n) is 10.9. The molecular formula is C27H28N2O4. The number of rotatable bonds is 10. The van der Waals surface area contributed by atoms with Gasteiger partial charge in [0.05, 0.1) is 0 Å². The molecule has 0 radical (unpaired) electrons. The summed E-state index contributed by atoms with van der Waals surface area (Å²) in [6, 6.07) is 27.3. The van der Waals surface area contributed by atoms with E-state index in [0.29, 0.717) is 18.5 Å². The molecule has 0 aliphatic carbocycles. The standard InChI is InChI=1S/C27H28N2O4/c1-20-9-8-14-23(17-20)27(32)29-18-26(31)33-19-25(30)28-16-15-24(21-10-4-2-5-11-21)22-12-6-3-7-13-22/h2-14,17,24H,15-16,18-19H2,1H3,(H,28,30)(H,29,32). The minimum absolute atomic E-state index is 0.145. The number of amides is 2. The van der Waals surface area contributed by atoms with Crippen LogP contribution in [-0.2, 0) is 14.3 Å². The van der Waals surface area contributed by atoms with Crippen LogP contribution in [0.5, 0.6) is 0 Å². The normalized spacial score (nSPS) is 10.5. The van der Waals surface area contributed by atoms with Crippen molar-refractivity contribution >= 4 is 17.8 Å². The number of esters is 1. The van der Waals surface area contributed by atoms with Crippen LogP contribution < -0.4 is 10.6 Å². The summed E-state index contributed by atoms with van der Waals surface area (Å²) in [5.74, 6) is -1.27. The van der Waals surface area contributed by atoms with E-state index >= 15 is 0 Å². The third-order valence-corrected chi connectivity index (χ3v) is 5.20. The van der Waals surface area contributed by atoms with Crippen molar-refractivity contribution in [2.75, 3.05) is 19.7 Å². The van der Waals surface area contributed by atoms with Gasteiger partial charge in [0.2, 0.25) is 0 Å². The third-order valence-electron chi connectivity index (χ3n) is 5.20. The van der Waals surface area contributed by atoms with Gasteiger partial charge in [-0.3, -0.25) is 14.4 Å². The molecule has 0 aromatic heterocycles. The number of hydrogen-bond acceptors (Lipinski definition) is 4. The van der Waals surface area contributed by atoms with E-state index in [4.69, 9.17) is 4.74 Å². The summed E-state index contributed by atoms with van der Waals surface area (Å²) >= 11 is 0. The first-order chi connectivity index (χ1) is 16.0. The van der Waals surface area contributed by atoms with Crippen molar-refractivity contribution in [3.05, 3.63) is 107 Å². The van der Waals surface area contributed by atoms with Crippen molar-refractivity contribution in [2.45, 2.75) is 19.3 Å². The topological polar surface area (TPSA) is 84.5 Å². The molecule has 0 saturated heterocycles. The second-order valence-electron chi connectivity index (χ2n) is 7.73. The summed E-state index contributed by atoms with van der Waals surface area (Å²) in [6.45, 7) is 1.63. The number of nitrogens with one attached hydrogen (secondary N) is 2. The second-order valence-corrected chi connectivity index (χ2v) is 7.73. The van der Waals surface area contributed by atoms with E-state index in [2.05, 4.69) is 34.9 Å². The molecule has 3 aromatic carbocycles. The zero-order chi connectivity index (χ0) is 23.5. The van der Waals surface area contributed by atoms with E-state index < -0.39 is 5.97 Å². The van der Waals surface area contributed by atoms with Crippen LogP contribution in [0.4, 0.5) is 0 Å². The molecule has 0 aliphatic rings. The molecule has 0 fully saturated rings. The van der Waals surface area contributed by atoms with Gasteiger partial charge in [0.1, 0.15) is 6.54 Å². The summed E-state index contributed by atoms with van der Waals surface area (Å²) in [5.41, 5.74) is 3.76. The quantitative estimate of drug-likeness (QED) is 0.468. The van der Waals surface area contributed by atoms with Gasteiger partial charge in [-0.05, 0) is 36.6 Å². The van der Waals surface area contributed by atoms with E-state index in [1.807, 2.05) is 49.4 Å². The Morgan fingerprint density at radius 3 is 2.06 bits per heavy atom. The van der Waals surface area contributed by atoms with Crippen LogP contribution in [0, 0.1) is 6.92 Å². The van der Waals surface area contributed by atoms with Crippen molar-refractivity contribution in [2.24, 2.45) is 0 Å². The molecule has 0 aliphatic heterocycles. The first kappa shape index (κ1) is 23.7. The van der Waals surface area contributed by atoms with Crippen LogP contribution in [-0.4, -0.2) is 37.5 Å². The summed E-state index contributed by atoms with van der Waals surface area (Å²) < 4.78 is 4.97. The maximum atomic E-state index is 12.1. The lowest BCUT2D eigenvalue weighted by Crippen LogP contribution is -2.34. The van der Waals surface area contributed by atoms with Gasteiger partial charge in [0.15, 0.2) is 6.61 Å². The number of hydrogen-bond donors (Lipinski definition) is 2. The third kappa shape index (κ3) is 7.61. The zero-order valence-electron chi connectivity index (χ0n) is 18.6. The Kier molecular flexibility index (Phi) is 8.77. The molecule has 3 aromatic rings. The fraction of sp³-hybridized carbons (Fsp3) is 0.222. The Morgan fingerprint density at radius 2 is 1.45 bits per heavy atom. The van der Waals surface area contributed by atoms with E-state index in [-0.39, 0.29) is 30.9 Å². The molecule has 3 rings (SSSR count). The Bertz CT molecular complexity index is 1030. The highest BCUT2D eigenvalue weighted by molar-refractivity contribution is 5.96. The Hall–Kier alpha value is -3.93. The highest BCUT2D eigenvalue weighted by atomic mass is 16.5. The minimum atomic E-state index is -0.669. The molecule has 0 spiro atoms. The lowest BCUT2D eigenvalue weighted by atomic mass is 9.88. The smallest absolute Gasteiger partial charge is 0.325 e. The van der Waals surface area contributed by atoms with Crippen molar-refractivity contribution in [3.8, 4) is 0 Å². The molecule has 2 amide bonds. The van der Waals surface area contributed by atoms with Gasteiger partial charge in [-0.25, -0.2) is 0 Å². The molecule has 33 heavy (non-hydrogen) atoms. The van der Waals surface area contributed by atoms with Crippen LogP contribution >= 0.6 is 0 Å². The van der Waals surface area contributed by atoms with E-state index in [9.17, 15) is 14.4 Å². The molecule has 170 valence electrons. The summed E-state index contributed by atoms with van der Waals surface area (Å²) in [7, 11) is 0. The molecule has 2 N–H and O–H groups in total. The van der Waals surface area contributed by atoms with Crippen LogP contribution in [0.2, 0.25) is 0 Å². The second kappa shape index (κ2) is 12.2. The Balaban J connectivity index is 1.41. The molecule has 6 heteroatoms. The maximum absolute atomic E-state index is 12.1. The first-order valence-corrected chi connectivity index (χ1v) is 10.9. The van der Waals surface area contributed by atoms with E-state index in [1.54, 1.807) is 18.2 Å². The number of carbonyl (C=O) groups excluding carboxylic acids is 3. The van der Waals surface area contributed by atoms with Gasteiger partial charge in [-0.15, -0.1) is 0 Å². The predicted molar refractivity (Wildman–Crippen MR) is 127 cm³/mol. The predicted octanol–water partition coefficient (Wildman–Crippen LogP) is 3.61. The summed E-state index contributed by atoms with van der Waals surface area (Å²) in [5, 5.41) is 5.30. The maximum Gasteiger partial charge on any atom is 0.325 e. The Morgan fingerprint density at radius 1 is 0.818 bits per heavy atom. The van der Waals surface area contributed by atoms with Crippen molar-refractivity contribution < 1.29 is 19.1 Å². The van der Waals surface area contributed by atoms with Crippen molar-refractivity contribution in [3.63, 3.8) is 0 Å². The van der Waals surface area contributed by atoms with Gasteiger partial charge in [0.25, 0.3) is 11.8 Å². The summed E-state index contributed by atoms with van der Waals surface area (Å²) in [4.78, 5) is 36.1. The van der Waals surface area contributed by atoms with E-state index in [1.165, 1.54) is 11.1 Å². The molecule has 0 atom stereocenters. The molecule has 0 heterocycles. The lowest BCUT2D eigenvalue weighted by molar-refractivity contribution is -0.147. The highest BCUT2D eigenvalue weighted by Crippen LogP contribution is 2.27. The van der Waals surface area contributed by atoms with Gasteiger partial charge < -0.3 is 15.4 Å². The molecule has 0 unspecified atom stereocenters. The fourth-order valence-electron chi connectivity index (χ4n) is 3.54. The Labute approximate surface area is 194 Å². The average molecular weight is 445 g/mol. The van der Waals surface area contributed by atoms with Crippen LogP contribution in [0.1, 0.15) is 39.4 Å². The van der Waals surface area contributed by atoms with Gasteiger partial charge in [0, 0.05) is 18.0 Å². The largest absolute Gasteiger partial charge is 0.454 e. The van der Waals surface area contributed by atoms with Crippen molar-refractivity contribution in [1.29, 1.82) is 0 Å². The van der Waals surface area contributed by atoms with Crippen LogP contribution in [0.3, 0.4) is 0 Å². The van der Waals surface area contributed by atoms with Gasteiger partial charge >= 0.3 is 5.97 Å². The van der Waals surface area contributed by atoms with Crippen LogP contribution in [0.25, 0.3) is 0 Å².